The molecule has 0 spiro atoms. The molecule has 8 heteroatoms. The average Bonchev–Trinajstić information content (AvgIpc) is 3.24. The van der Waals surface area contributed by atoms with Crippen molar-refractivity contribution in [1.82, 2.24) is 9.88 Å². The monoisotopic (exact) mass is 410 g/mol. The number of amides is 1. The number of ether oxygens (including phenoxy) is 3. The van der Waals surface area contributed by atoms with Gasteiger partial charge in [0.05, 0.1) is 32.5 Å². The molecule has 2 aromatic rings. The Morgan fingerprint density at radius 1 is 1.17 bits per heavy atom. The van der Waals surface area contributed by atoms with Crippen molar-refractivity contribution in [2.24, 2.45) is 0 Å². The number of nitrogens with zero attached hydrogens (tertiary/aromatic N) is 1. The number of benzene rings is 1. The van der Waals surface area contributed by atoms with Crippen LogP contribution in [0.5, 0.6) is 0 Å². The van der Waals surface area contributed by atoms with Crippen LogP contribution < -0.4 is 0 Å². The first-order valence-corrected chi connectivity index (χ1v) is 9.58. The zero-order valence-electron chi connectivity index (χ0n) is 16.7. The summed E-state index contributed by atoms with van der Waals surface area (Å²) < 4.78 is 15.7. The second-order valence-electron chi connectivity index (χ2n) is 7.23. The van der Waals surface area contributed by atoms with Crippen LogP contribution in [-0.4, -0.2) is 54.5 Å². The topological polar surface area (TPSA) is 97.9 Å². The lowest BCUT2D eigenvalue weighted by molar-refractivity contribution is 0.0594. The van der Waals surface area contributed by atoms with Crippen LogP contribution in [-0.2, 0) is 20.8 Å². The fourth-order valence-electron chi connectivity index (χ4n) is 4.01. The molecule has 1 aromatic heterocycles. The molecule has 156 valence electrons. The molecule has 2 heterocycles. The number of carbonyl (C=O) groups excluding carboxylic acids is 3. The predicted octanol–water partition coefficient (Wildman–Crippen LogP) is 3.02. The highest BCUT2D eigenvalue weighted by molar-refractivity contribution is 6.00. The van der Waals surface area contributed by atoms with Gasteiger partial charge in [0.2, 0.25) is 0 Å². The number of hydrogen-bond acceptors (Lipinski definition) is 6. The molecule has 0 saturated heterocycles. The third kappa shape index (κ3) is 3.56. The van der Waals surface area contributed by atoms with Crippen LogP contribution in [0.3, 0.4) is 0 Å². The van der Waals surface area contributed by atoms with Crippen molar-refractivity contribution in [3.63, 3.8) is 0 Å². The SMILES string of the molecule is COC(=O)c1cc2c([nH]1)C(=O)C[C@H]1[C@@H]2C=C(OCc2ccccc2)CN1C(=O)OC. The molecule has 2 atom stereocenters. The van der Waals surface area contributed by atoms with Gasteiger partial charge in [-0.3, -0.25) is 9.69 Å². The summed E-state index contributed by atoms with van der Waals surface area (Å²) >= 11 is 0. The van der Waals surface area contributed by atoms with Gasteiger partial charge >= 0.3 is 12.1 Å². The summed E-state index contributed by atoms with van der Waals surface area (Å²) in [5, 5.41) is 0. The highest BCUT2D eigenvalue weighted by Crippen LogP contribution is 2.40. The molecule has 1 N–H and O–H groups in total. The maximum Gasteiger partial charge on any atom is 0.410 e. The Kier molecular flexibility index (Phi) is 5.31. The molecular formula is C22H22N2O6. The van der Waals surface area contributed by atoms with Gasteiger partial charge in [0.15, 0.2) is 5.78 Å². The Balaban J connectivity index is 1.69. The maximum atomic E-state index is 12.7. The maximum absolute atomic E-state index is 12.7. The number of methoxy groups -OCH3 is 2. The van der Waals surface area contributed by atoms with Gasteiger partial charge in [0, 0.05) is 12.3 Å². The first-order valence-electron chi connectivity index (χ1n) is 9.58. The standard InChI is InChI=1S/C22H22N2O6/c1-28-21(26)17-9-16-15-8-14(30-12-13-6-4-3-5-7-13)11-24(22(27)29-2)18(15)10-19(25)20(16)23-17/h3-9,15,18,23H,10-12H2,1-2H3/t15-,18+/m1/s1. The summed E-state index contributed by atoms with van der Waals surface area (Å²) in [6, 6.07) is 10.9. The Hall–Kier alpha value is -3.55. The zero-order chi connectivity index (χ0) is 21.3. The van der Waals surface area contributed by atoms with E-state index in [1.54, 1.807) is 6.07 Å². The second kappa shape index (κ2) is 8.06. The first-order chi connectivity index (χ1) is 14.5. The fraction of sp³-hybridized carbons (Fsp3) is 0.318. The summed E-state index contributed by atoms with van der Waals surface area (Å²) in [6.45, 7) is 0.559. The van der Waals surface area contributed by atoms with Crippen LogP contribution >= 0.6 is 0 Å². The van der Waals surface area contributed by atoms with Gasteiger partial charge in [-0.15, -0.1) is 0 Å². The van der Waals surface area contributed by atoms with Gasteiger partial charge in [-0.25, -0.2) is 9.59 Å². The van der Waals surface area contributed by atoms with Gasteiger partial charge in [0.25, 0.3) is 0 Å². The molecule has 0 fully saturated rings. The highest BCUT2D eigenvalue weighted by Gasteiger charge is 2.43. The molecule has 1 aliphatic heterocycles. The van der Waals surface area contributed by atoms with Crippen molar-refractivity contribution in [2.75, 3.05) is 20.8 Å². The minimum atomic E-state index is -0.557. The molecule has 0 saturated carbocycles. The van der Waals surface area contributed by atoms with Crippen LogP contribution in [0.4, 0.5) is 4.79 Å². The quantitative estimate of drug-likeness (QED) is 0.778. The summed E-state index contributed by atoms with van der Waals surface area (Å²) in [6.07, 6.45) is 1.52. The van der Waals surface area contributed by atoms with Gasteiger partial charge in [-0.1, -0.05) is 30.3 Å². The van der Waals surface area contributed by atoms with E-state index >= 15 is 0 Å². The summed E-state index contributed by atoms with van der Waals surface area (Å²) in [5.74, 6) is -0.436. The van der Waals surface area contributed by atoms with E-state index in [0.717, 1.165) is 5.56 Å². The average molecular weight is 410 g/mol. The number of aromatic nitrogens is 1. The number of nitrogens with one attached hydrogen (secondary N) is 1. The largest absolute Gasteiger partial charge is 0.492 e. The Bertz CT molecular complexity index is 1010. The highest BCUT2D eigenvalue weighted by atomic mass is 16.5. The summed E-state index contributed by atoms with van der Waals surface area (Å²) in [7, 11) is 2.59. The lowest BCUT2D eigenvalue weighted by Crippen LogP contribution is -2.50. The Morgan fingerprint density at radius 2 is 1.93 bits per heavy atom. The smallest absolute Gasteiger partial charge is 0.410 e. The van der Waals surface area contributed by atoms with Crippen molar-refractivity contribution in [3.8, 4) is 0 Å². The van der Waals surface area contributed by atoms with E-state index in [-0.39, 0.29) is 30.4 Å². The Morgan fingerprint density at radius 3 is 2.63 bits per heavy atom. The number of fused-ring (bicyclic) bond motifs is 3. The molecule has 30 heavy (non-hydrogen) atoms. The van der Waals surface area contributed by atoms with E-state index in [2.05, 4.69) is 4.98 Å². The molecule has 2 aliphatic rings. The number of H-pyrrole nitrogens is 1. The number of aromatic amines is 1. The molecule has 0 unspecified atom stereocenters. The molecule has 0 bridgehead atoms. The number of esters is 1. The van der Waals surface area contributed by atoms with Crippen LogP contribution in [0.1, 0.15) is 44.4 Å². The van der Waals surface area contributed by atoms with Crippen molar-refractivity contribution in [3.05, 3.63) is 70.7 Å². The lowest BCUT2D eigenvalue weighted by atomic mass is 9.79. The van der Waals surface area contributed by atoms with E-state index in [1.165, 1.54) is 19.1 Å². The van der Waals surface area contributed by atoms with Crippen LogP contribution in [0, 0.1) is 0 Å². The molecule has 4 rings (SSSR count). The lowest BCUT2D eigenvalue weighted by Gasteiger charge is -2.41. The van der Waals surface area contributed by atoms with Crippen LogP contribution in [0.15, 0.2) is 48.2 Å². The van der Waals surface area contributed by atoms with Gasteiger partial charge in [-0.2, -0.15) is 0 Å². The summed E-state index contributed by atoms with van der Waals surface area (Å²) in [4.78, 5) is 41.5. The van der Waals surface area contributed by atoms with Crippen LogP contribution in [0.25, 0.3) is 0 Å². The minimum absolute atomic E-state index is 0.121. The molecule has 1 amide bonds. The normalized spacial score (nSPS) is 20.0. The molecule has 0 radical (unpaired) electrons. The summed E-state index contributed by atoms with van der Waals surface area (Å²) in [5.41, 5.74) is 2.21. The molecule has 1 aromatic carbocycles. The van der Waals surface area contributed by atoms with Crippen molar-refractivity contribution < 1.29 is 28.6 Å². The number of ketones is 1. The first kappa shape index (κ1) is 19.8. The number of Topliss-reactive ketones (excluding diaryl/α,β-unsaturated/α-hetero) is 1. The van der Waals surface area contributed by atoms with Crippen molar-refractivity contribution in [2.45, 2.75) is 25.0 Å². The van der Waals surface area contributed by atoms with Crippen molar-refractivity contribution in [1.29, 1.82) is 0 Å². The zero-order valence-corrected chi connectivity index (χ0v) is 16.7. The number of rotatable bonds is 4. The van der Waals surface area contributed by atoms with E-state index in [9.17, 15) is 14.4 Å². The van der Waals surface area contributed by atoms with Gasteiger partial charge < -0.3 is 19.2 Å². The minimum Gasteiger partial charge on any atom is -0.492 e. The molecular weight excluding hydrogens is 388 g/mol. The van der Waals surface area contributed by atoms with E-state index in [4.69, 9.17) is 14.2 Å². The van der Waals surface area contributed by atoms with E-state index in [1.807, 2.05) is 36.4 Å². The molecule has 8 nitrogen and oxygen atoms in total. The predicted molar refractivity (Wildman–Crippen MR) is 106 cm³/mol. The van der Waals surface area contributed by atoms with Crippen LogP contribution in [0.2, 0.25) is 0 Å². The Labute approximate surface area is 173 Å². The second-order valence-corrected chi connectivity index (χ2v) is 7.23. The number of carbonyl (C=O) groups is 3. The van der Waals surface area contributed by atoms with Gasteiger partial charge in [0.1, 0.15) is 18.1 Å². The van der Waals surface area contributed by atoms with E-state index in [0.29, 0.717) is 23.6 Å². The van der Waals surface area contributed by atoms with Gasteiger partial charge in [-0.05, 0) is 23.3 Å². The number of hydrogen-bond donors (Lipinski definition) is 1. The molecule has 1 aliphatic carbocycles. The third-order valence-corrected chi connectivity index (χ3v) is 5.47. The van der Waals surface area contributed by atoms with Crippen molar-refractivity contribution >= 4 is 17.8 Å². The third-order valence-electron chi connectivity index (χ3n) is 5.47. The fourth-order valence-corrected chi connectivity index (χ4v) is 4.01. The van der Waals surface area contributed by atoms with E-state index < -0.39 is 18.1 Å².